The minimum atomic E-state index is 1.12. The lowest BCUT2D eigenvalue weighted by atomic mass is 9.90. The van der Waals surface area contributed by atoms with Crippen LogP contribution in [0, 0.1) is 0 Å². The van der Waals surface area contributed by atoms with Crippen LogP contribution in [-0.4, -0.2) is 0 Å². The summed E-state index contributed by atoms with van der Waals surface area (Å²) in [6.07, 6.45) is 0. The van der Waals surface area contributed by atoms with E-state index in [-0.39, 0.29) is 0 Å². The summed E-state index contributed by atoms with van der Waals surface area (Å²) in [4.78, 5) is 2.41. The van der Waals surface area contributed by atoms with Crippen molar-refractivity contribution in [3.8, 4) is 22.3 Å². The Labute approximate surface area is 317 Å². The molecule has 0 radical (unpaired) electrons. The van der Waals surface area contributed by atoms with E-state index in [9.17, 15) is 0 Å². The summed E-state index contributed by atoms with van der Waals surface area (Å²) in [5.74, 6) is 0. The van der Waals surface area contributed by atoms with E-state index in [1.807, 2.05) is 11.3 Å². The zero-order valence-electron chi connectivity index (χ0n) is 29.4. The van der Waals surface area contributed by atoms with Crippen LogP contribution in [0.25, 0.3) is 85.5 Å². The Kier molecular flexibility index (Phi) is 7.11. The summed E-state index contributed by atoms with van der Waals surface area (Å²) < 4.78 is 2.63. The number of hydrogen-bond acceptors (Lipinski definition) is 2. The van der Waals surface area contributed by atoms with Crippen molar-refractivity contribution in [2.45, 2.75) is 0 Å². The standard InChI is InChI=1S/C52H33NS/c1-2-11-34(12-3-1)38-16-10-17-41(31-38)53(42-27-30-46-48-29-24-36-14-5-9-20-45(36)52(48)54-50(46)33-42)40-25-21-37(22-26-40)49-32-39-15-6-7-18-43(39)47-28-23-35-13-4-8-19-44(35)51(47)49/h1-33H. The molecule has 11 aromatic rings. The van der Waals surface area contributed by atoms with Gasteiger partial charge in [-0.3, -0.25) is 0 Å². The smallest absolute Gasteiger partial charge is 0.0476 e. The minimum Gasteiger partial charge on any atom is -0.310 e. The average molecular weight is 704 g/mol. The van der Waals surface area contributed by atoms with E-state index in [0.717, 1.165) is 17.1 Å². The van der Waals surface area contributed by atoms with Crippen molar-refractivity contribution in [1.82, 2.24) is 0 Å². The molecule has 0 atom stereocenters. The predicted octanol–water partition coefficient (Wildman–Crippen LogP) is 15.5. The predicted molar refractivity (Wildman–Crippen MR) is 235 cm³/mol. The normalized spacial score (nSPS) is 11.7. The first-order valence-electron chi connectivity index (χ1n) is 18.5. The molecule has 0 aliphatic carbocycles. The Morgan fingerprint density at radius 1 is 0.315 bits per heavy atom. The molecule has 0 unspecified atom stereocenters. The van der Waals surface area contributed by atoms with Crippen molar-refractivity contribution in [3.63, 3.8) is 0 Å². The van der Waals surface area contributed by atoms with Gasteiger partial charge in [0.25, 0.3) is 0 Å². The summed E-state index contributed by atoms with van der Waals surface area (Å²) >= 11 is 1.89. The zero-order valence-corrected chi connectivity index (χ0v) is 30.2. The highest BCUT2D eigenvalue weighted by Crippen LogP contribution is 2.44. The number of hydrogen-bond donors (Lipinski definition) is 0. The van der Waals surface area contributed by atoms with Crippen LogP contribution in [0.5, 0.6) is 0 Å². The van der Waals surface area contributed by atoms with Crippen molar-refractivity contribution >= 4 is 91.7 Å². The quantitative estimate of drug-likeness (QED) is 0.161. The maximum atomic E-state index is 2.41. The first-order valence-corrected chi connectivity index (χ1v) is 19.3. The Morgan fingerprint density at radius 3 is 1.74 bits per heavy atom. The highest BCUT2D eigenvalue weighted by Gasteiger charge is 2.18. The van der Waals surface area contributed by atoms with Crippen molar-refractivity contribution in [1.29, 1.82) is 0 Å². The fourth-order valence-electron chi connectivity index (χ4n) is 8.43. The highest BCUT2D eigenvalue weighted by molar-refractivity contribution is 7.26. The molecular weight excluding hydrogens is 671 g/mol. The zero-order chi connectivity index (χ0) is 35.6. The van der Waals surface area contributed by atoms with Crippen LogP contribution in [-0.2, 0) is 0 Å². The van der Waals surface area contributed by atoms with E-state index in [0.29, 0.717) is 0 Å². The van der Waals surface area contributed by atoms with Crippen LogP contribution in [0.15, 0.2) is 200 Å². The number of fused-ring (bicyclic) bond motifs is 10. The molecule has 0 aliphatic heterocycles. The Hall–Kier alpha value is -6.74. The molecule has 1 nitrogen and oxygen atoms in total. The molecule has 2 heteroatoms. The van der Waals surface area contributed by atoms with Gasteiger partial charge in [0.1, 0.15) is 0 Å². The van der Waals surface area contributed by atoms with Gasteiger partial charge in [-0.05, 0) is 108 Å². The molecule has 0 spiro atoms. The molecule has 1 aromatic heterocycles. The van der Waals surface area contributed by atoms with Crippen LogP contribution in [0.1, 0.15) is 0 Å². The van der Waals surface area contributed by atoms with Crippen molar-refractivity contribution < 1.29 is 0 Å². The van der Waals surface area contributed by atoms with Gasteiger partial charge in [0.15, 0.2) is 0 Å². The number of benzene rings is 10. The van der Waals surface area contributed by atoms with Gasteiger partial charge < -0.3 is 4.90 Å². The van der Waals surface area contributed by atoms with Gasteiger partial charge in [0, 0.05) is 37.2 Å². The van der Waals surface area contributed by atoms with Gasteiger partial charge in [-0.25, -0.2) is 0 Å². The average Bonchev–Trinajstić information content (AvgIpc) is 3.63. The Bertz CT molecular complexity index is 3210. The van der Waals surface area contributed by atoms with Gasteiger partial charge in [0.05, 0.1) is 0 Å². The maximum Gasteiger partial charge on any atom is 0.0476 e. The van der Waals surface area contributed by atoms with Crippen molar-refractivity contribution in [2.75, 3.05) is 4.90 Å². The van der Waals surface area contributed by atoms with E-state index in [2.05, 4.69) is 205 Å². The van der Waals surface area contributed by atoms with E-state index < -0.39 is 0 Å². The highest BCUT2D eigenvalue weighted by atomic mass is 32.1. The summed E-state index contributed by atoms with van der Waals surface area (Å²) in [6, 6.07) is 73.5. The lowest BCUT2D eigenvalue weighted by Crippen LogP contribution is -2.10. The Balaban J connectivity index is 1.10. The molecule has 10 aromatic carbocycles. The third-order valence-corrected chi connectivity index (χ3v) is 12.2. The largest absolute Gasteiger partial charge is 0.310 e. The molecule has 252 valence electrons. The van der Waals surface area contributed by atoms with Crippen molar-refractivity contribution in [3.05, 3.63) is 200 Å². The molecule has 54 heavy (non-hydrogen) atoms. The van der Waals surface area contributed by atoms with Crippen LogP contribution in [0.2, 0.25) is 0 Å². The SMILES string of the molecule is c1ccc(-c2cccc(N(c3ccc(-c4cc5ccccc5c5ccc6ccccc6c45)cc3)c3ccc4c(c3)sc3c5ccccc5ccc43)c2)cc1. The summed E-state index contributed by atoms with van der Waals surface area (Å²) in [5.41, 5.74) is 8.23. The van der Waals surface area contributed by atoms with E-state index in [1.54, 1.807) is 0 Å². The molecule has 0 saturated heterocycles. The van der Waals surface area contributed by atoms with Gasteiger partial charge in [0.2, 0.25) is 0 Å². The van der Waals surface area contributed by atoms with Gasteiger partial charge >= 0.3 is 0 Å². The molecule has 0 N–H and O–H groups in total. The molecule has 0 fully saturated rings. The van der Waals surface area contributed by atoms with Crippen molar-refractivity contribution in [2.24, 2.45) is 0 Å². The number of rotatable bonds is 5. The Morgan fingerprint density at radius 2 is 0.926 bits per heavy atom. The third-order valence-electron chi connectivity index (χ3n) is 11.0. The van der Waals surface area contributed by atoms with E-state index >= 15 is 0 Å². The van der Waals surface area contributed by atoms with Crippen LogP contribution < -0.4 is 4.90 Å². The van der Waals surface area contributed by atoms with Gasteiger partial charge in [-0.1, -0.05) is 158 Å². The molecule has 11 rings (SSSR count). The van der Waals surface area contributed by atoms with Gasteiger partial charge in [-0.2, -0.15) is 0 Å². The fraction of sp³-hybridized carbons (Fsp3) is 0. The van der Waals surface area contributed by atoms with Gasteiger partial charge in [-0.15, -0.1) is 11.3 Å². The molecule has 0 amide bonds. The first kappa shape index (κ1) is 30.8. The van der Waals surface area contributed by atoms with E-state index in [4.69, 9.17) is 0 Å². The minimum absolute atomic E-state index is 1.12. The molecule has 1 heterocycles. The monoisotopic (exact) mass is 703 g/mol. The lowest BCUT2D eigenvalue weighted by Gasteiger charge is -2.26. The van der Waals surface area contributed by atoms with Crippen LogP contribution in [0.3, 0.4) is 0 Å². The second-order valence-corrected chi connectivity index (χ2v) is 15.2. The third kappa shape index (κ3) is 4.99. The fourth-order valence-corrected chi connectivity index (χ4v) is 9.71. The number of anilines is 3. The topological polar surface area (TPSA) is 3.24 Å². The second kappa shape index (κ2) is 12.4. The molecule has 0 bridgehead atoms. The molecule has 0 aliphatic rings. The molecule has 0 saturated carbocycles. The first-order chi connectivity index (χ1) is 26.8. The lowest BCUT2D eigenvalue weighted by molar-refractivity contribution is 1.29. The maximum absolute atomic E-state index is 2.41. The van der Waals surface area contributed by atoms with E-state index in [1.165, 1.54) is 85.5 Å². The number of thiophene rings is 1. The van der Waals surface area contributed by atoms with Crippen LogP contribution >= 0.6 is 11.3 Å². The summed E-state index contributed by atoms with van der Waals surface area (Å²) in [6.45, 7) is 0. The van der Waals surface area contributed by atoms with Crippen LogP contribution in [0.4, 0.5) is 17.1 Å². The molecular formula is C52H33NS. The summed E-state index contributed by atoms with van der Waals surface area (Å²) in [5, 5.41) is 12.9. The summed E-state index contributed by atoms with van der Waals surface area (Å²) in [7, 11) is 0. The number of nitrogens with zero attached hydrogens (tertiary/aromatic N) is 1. The second-order valence-electron chi connectivity index (χ2n) is 14.1.